The molecule has 0 spiro atoms. The van der Waals surface area contributed by atoms with Crippen molar-refractivity contribution < 1.29 is 14.4 Å². The Kier molecular flexibility index (Phi) is 5.39. The fourth-order valence-corrected chi connectivity index (χ4v) is 1.45. The summed E-state index contributed by atoms with van der Waals surface area (Å²) in [7, 11) is 0. The Morgan fingerprint density at radius 3 is 2.42 bits per heavy atom. The predicted molar refractivity (Wildman–Crippen MR) is 65.0 cm³/mol. The average Bonchev–Trinajstić information content (AvgIpc) is 2.32. The Bertz CT molecular complexity index is 543. The van der Waals surface area contributed by atoms with E-state index in [-0.39, 0.29) is 6.54 Å². The van der Waals surface area contributed by atoms with Gasteiger partial charge in [-0.3, -0.25) is 24.5 Å². The molecule has 0 saturated heterocycles. The van der Waals surface area contributed by atoms with Gasteiger partial charge in [-0.05, 0) is 13.8 Å². The molecule has 0 aliphatic heterocycles. The van der Waals surface area contributed by atoms with Gasteiger partial charge in [0, 0.05) is 13.2 Å². The molecule has 0 fully saturated rings. The average molecular weight is 273 g/mol. The Morgan fingerprint density at radius 2 is 1.95 bits per heavy atom. The van der Waals surface area contributed by atoms with Gasteiger partial charge >= 0.3 is 16.9 Å². The summed E-state index contributed by atoms with van der Waals surface area (Å²) >= 11 is 0. The predicted octanol–water partition coefficient (Wildman–Crippen LogP) is -0.156. The van der Waals surface area contributed by atoms with Gasteiger partial charge in [-0.25, -0.2) is 4.79 Å². The van der Waals surface area contributed by atoms with Crippen LogP contribution in [0.15, 0.2) is 15.8 Å². The zero-order valence-electron chi connectivity index (χ0n) is 10.6. The highest BCUT2D eigenvalue weighted by molar-refractivity contribution is 5.20. The Morgan fingerprint density at radius 1 is 1.37 bits per heavy atom. The van der Waals surface area contributed by atoms with E-state index in [4.69, 9.17) is 9.47 Å². The summed E-state index contributed by atoms with van der Waals surface area (Å²) in [4.78, 5) is 34.4. The van der Waals surface area contributed by atoms with Crippen molar-refractivity contribution in [1.82, 2.24) is 9.55 Å². The largest absolute Gasteiger partial charge is 0.351 e. The van der Waals surface area contributed by atoms with Crippen molar-refractivity contribution in [2.24, 2.45) is 0 Å². The molecule has 0 saturated carbocycles. The molecule has 106 valence electrons. The van der Waals surface area contributed by atoms with E-state index in [0.29, 0.717) is 13.2 Å². The summed E-state index contributed by atoms with van der Waals surface area (Å²) in [5.41, 5.74) is -2.48. The van der Waals surface area contributed by atoms with Gasteiger partial charge in [0.2, 0.25) is 0 Å². The maximum absolute atomic E-state index is 11.5. The molecule has 1 aromatic rings. The highest BCUT2D eigenvalue weighted by Crippen LogP contribution is 2.02. The van der Waals surface area contributed by atoms with Crippen LogP contribution in [0.25, 0.3) is 0 Å². The van der Waals surface area contributed by atoms with Crippen molar-refractivity contribution in [3.05, 3.63) is 37.1 Å². The van der Waals surface area contributed by atoms with Crippen LogP contribution in [0.5, 0.6) is 0 Å². The minimum absolute atomic E-state index is 0.0435. The molecule has 0 amide bonds. The maximum Gasteiger partial charge on any atom is 0.350 e. The van der Waals surface area contributed by atoms with E-state index in [1.165, 1.54) is 0 Å². The van der Waals surface area contributed by atoms with Crippen molar-refractivity contribution >= 4 is 5.69 Å². The fourth-order valence-electron chi connectivity index (χ4n) is 1.45. The summed E-state index contributed by atoms with van der Waals surface area (Å²) in [5, 5.41) is 10.6. The SMILES string of the molecule is CCOC(Cn1cc([N+](=O)[O-])c(=O)[nH]c1=O)OCC. The molecule has 0 atom stereocenters. The first-order valence-electron chi connectivity index (χ1n) is 5.70. The van der Waals surface area contributed by atoms with Crippen LogP contribution in [0, 0.1) is 10.1 Å². The number of ether oxygens (including phenoxy) is 2. The van der Waals surface area contributed by atoms with Crippen molar-refractivity contribution in [1.29, 1.82) is 0 Å². The molecule has 0 aromatic carbocycles. The monoisotopic (exact) mass is 273 g/mol. The van der Waals surface area contributed by atoms with Crippen LogP contribution < -0.4 is 11.2 Å². The molecule has 1 N–H and O–H groups in total. The van der Waals surface area contributed by atoms with Crippen LogP contribution in [0.3, 0.4) is 0 Å². The minimum atomic E-state index is -1.03. The van der Waals surface area contributed by atoms with Crippen LogP contribution in [0.2, 0.25) is 0 Å². The van der Waals surface area contributed by atoms with Gasteiger partial charge in [-0.1, -0.05) is 0 Å². The zero-order valence-corrected chi connectivity index (χ0v) is 10.6. The van der Waals surface area contributed by atoms with Crippen molar-refractivity contribution in [2.45, 2.75) is 26.7 Å². The third-order valence-corrected chi connectivity index (χ3v) is 2.24. The highest BCUT2D eigenvalue weighted by Gasteiger charge is 2.17. The quantitative estimate of drug-likeness (QED) is 0.419. The lowest BCUT2D eigenvalue weighted by Crippen LogP contribution is -2.35. The Hall–Kier alpha value is -2.00. The molecule has 1 heterocycles. The maximum atomic E-state index is 11.5. The lowest BCUT2D eigenvalue weighted by molar-refractivity contribution is -0.386. The number of nitrogens with zero attached hydrogens (tertiary/aromatic N) is 2. The van der Waals surface area contributed by atoms with E-state index < -0.39 is 28.1 Å². The van der Waals surface area contributed by atoms with E-state index in [1.807, 2.05) is 4.98 Å². The minimum Gasteiger partial charge on any atom is -0.351 e. The molecule has 0 bridgehead atoms. The van der Waals surface area contributed by atoms with Crippen LogP contribution in [-0.2, 0) is 16.0 Å². The van der Waals surface area contributed by atoms with Gasteiger partial charge in [0.05, 0.1) is 17.7 Å². The van der Waals surface area contributed by atoms with Gasteiger partial charge in [0.1, 0.15) is 0 Å². The molecule has 1 aromatic heterocycles. The van der Waals surface area contributed by atoms with E-state index in [1.54, 1.807) is 13.8 Å². The van der Waals surface area contributed by atoms with Crippen LogP contribution in [0.1, 0.15) is 13.8 Å². The number of aromatic nitrogens is 2. The number of hydrogen-bond acceptors (Lipinski definition) is 6. The second kappa shape index (κ2) is 6.81. The summed E-state index contributed by atoms with van der Waals surface area (Å²) in [6.07, 6.45) is 0.171. The number of aromatic amines is 1. The molecular formula is C10H15N3O6. The number of nitrogens with one attached hydrogen (secondary N) is 1. The standard InChI is InChI=1S/C10H15N3O6/c1-3-18-8(19-4-2)6-12-5-7(13(16)17)9(14)11-10(12)15/h5,8H,3-4,6H2,1-2H3,(H,11,14,15). The lowest BCUT2D eigenvalue weighted by Gasteiger charge is -2.17. The molecular weight excluding hydrogens is 258 g/mol. The highest BCUT2D eigenvalue weighted by atomic mass is 16.7. The number of H-pyrrole nitrogens is 1. The van der Waals surface area contributed by atoms with Gasteiger partial charge < -0.3 is 9.47 Å². The Labute approximate surface area is 107 Å². The molecule has 9 nitrogen and oxygen atoms in total. The van der Waals surface area contributed by atoms with E-state index in [9.17, 15) is 19.7 Å². The molecule has 1 rings (SSSR count). The number of hydrogen-bond donors (Lipinski definition) is 1. The first kappa shape index (κ1) is 15.1. The van der Waals surface area contributed by atoms with Gasteiger partial charge in [-0.15, -0.1) is 0 Å². The third-order valence-electron chi connectivity index (χ3n) is 2.24. The third kappa shape index (κ3) is 4.00. The summed E-state index contributed by atoms with van der Waals surface area (Å²) < 4.78 is 11.4. The molecule has 0 radical (unpaired) electrons. The van der Waals surface area contributed by atoms with Crippen molar-refractivity contribution in [3.8, 4) is 0 Å². The lowest BCUT2D eigenvalue weighted by atomic mass is 10.5. The van der Waals surface area contributed by atoms with E-state index in [2.05, 4.69) is 0 Å². The number of nitro groups is 1. The molecule has 0 aliphatic rings. The van der Waals surface area contributed by atoms with Gasteiger partial charge in [0.15, 0.2) is 6.29 Å². The van der Waals surface area contributed by atoms with Gasteiger partial charge in [0.25, 0.3) is 0 Å². The smallest absolute Gasteiger partial charge is 0.350 e. The molecule has 19 heavy (non-hydrogen) atoms. The van der Waals surface area contributed by atoms with Crippen molar-refractivity contribution in [3.63, 3.8) is 0 Å². The fraction of sp³-hybridized carbons (Fsp3) is 0.600. The van der Waals surface area contributed by atoms with Crippen molar-refractivity contribution in [2.75, 3.05) is 13.2 Å². The topological polar surface area (TPSA) is 116 Å². The summed E-state index contributed by atoms with van der Waals surface area (Å²) in [6.45, 7) is 4.20. The summed E-state index contributed by atoms with van der Waals surface area (Å²) in [6, 6.07) is 0. The van der Waals surface area contributed by atoms with E-state index in [0.717, 1.165) is 10.8 Å². The molecule has 9 heteroatoms. The van der Waals surface area contributed by atoms with Crippen LogP contribution >= 0.6 is 0 Å². The Balaban J connectivity index is 3.05. The molecule has 0 aliphatic carbocycles. The first-order chi connectivity index (χ1) is 8.99. The van der Waals surface area contributed by atoms with Crippen LogP contribution in [-0.4, -0.2) is 34.0 Å². The molecule has 0 unspecified atom stereocenters. The van der Waals surface area contributed by atoms with Gasteiger partial charge in [-0.2, -0.15) is 0 Å². The van der Waals surface area contributed by atoms with E-state index >= 15 is 0 Å². The second-order valence-electron chi connectivity index (χ2n) is 3.52. The van der Waals surface area contributed by atoms with Crippen LogP contribution in [0.4, 0.5) is 5.69 Å². The summed E-state index contributed by atoms with van der Waals surface area (Å²) in [5.74, 6) is 0. The second-order valence-corrected chi connectivity index (χ2v) is 3.52. The normalized spacial score (nSPS) is 10.9. The first-order valence-corrected chi connectivity index (χ1v) is 5.70. The number of rotatable bonds is 7. The zero-order chi connectivity index (χ0) is 14.4.